The van der Waals surface area contributed by atoms with Crippen molar-refractivity contribution in [2.24, 2.45) is 0 Å². The highest BCUT2D eigenvalue weighted by atomic mass is 19.1. The third-order valence-corrected chi connectivity index (χ3v) is 4.21. The van der Waals surface area contributed by atoms with Gasteiger partial charge in [0.15, 0.2) is 0 Å². The molecule has 118 valence electrons. The Morgan fingerprint density at radius 3 is 2.71 bits per heavy atom. The molecule has 0 spiro atoms. The Bertz CT molecular complexity index is 465. The predicted octanol–water partition coefficient (Wildman–Crippen LogP) is 4.48. The molecule has 3 heteroatoms. The molecule has 1 heterocycles. The Hall–Kier alpha value is -1.09. The van der Waals surface area contributed by atoms with Crippen molar-refractivity contribution >= 4 is 5.69 Å². The molecule has 1 fully saturated rings. The van der Waals surface area contributed by atoms with Gasteiger partial charge in [0.1, 0.15) is 5.82 Å². The molecule has 21 heavy (non-hydrogen) atoms. The van der Waals surface area contributed by atoms with Crippen LogP contribution in [0.2, 0.25) is 0 Å². The molecule has 2 rings (SSSR count). The lowest BCUT2D eigenvalue weighted by Gasteiger charge is -2.32. The number of benzene rings is 1. The van der Waals surface area contributed by atoms with Gasteiger partial charge in [0.05, 0.1) is 0 Å². The fourth-order valence-corrected chi connectivity index (χ4v) is 2.97. The molecular weight excluding hydrogens is 263 g/mol. The maximum atomic E-state index is 13.7. The largest absolute Gasteiger partial charge is 0.369 e. The second-order valence-corrected chi connectivity index (χ2v) is 7.27. The van der Waals surface area contributed by atoms with Crippen LogP contribution >= 0.6 is 0 Å². The zero-order chi connectivity index (χ0) is 15.5. The van der Waals surface area contributed by atoms with Gasteiger partial charge in [-0.1, -0.05) is 12.8 Å². The Morgan fingerprint density at radius 2 is 2.00 bits per heavy atom. The van der Waals surface area contributed by atoms with Crippen LogP contribution in [0.1, 0.15) is 58.9 Å². The van der Waals surface area contributed by atoms with Crippen LogP contribution in [-0.2, 0) is 6.54 Å². The quantitative estimate of drug-likeness (QED) is 0.883. The van der Waals surface area contributed by atoms with E-state index < -0.39 is 0 Å². The van der Waals surface area contributed by atoms with E-state index in [1.54, 1.807) is 12.1 Å². The normalized spacial score (nSPS) is 20.4. The van der Waals surface area contributed by atoms with E-state index in [0.29, 0.717) is 12.6 Å². The average Bonchev–Trinajstić information content (AvgIpc) is 2.61. The zero-order valence-electron chi connectivity index (χ0n) is 13.9. The maximum Gasteiger partial charge on any atom is 0.123 e. The standard InChI is InChI=1S/C18H29FN2/c1-14-8-6-5-7-11-21(14)17-10-9-16(19)12-15(17)13-20-18(2,3)4/h9-10,12,14,20H,5-8,11,13H2,1-4H3. The van der Waals surface area contributed by atoms with Crippen LogP contribution in [0.25, 0.3) is 0 Å². The molecule has 0 aromatic heterocycles. The summed E-state index contributed by atoms with van der Waals surface area (Å²) >= 11 is 0. The van der Waals surface area contributed by atoms with Gasteiger partial charge in [-0.25, -0.2) is 4.39 Å². The molecule has 1 atom stereocenters. The second kappa shape index (κ2) is 6.78. The van der Waals surface area contributed by atoms with Crippen LogP contribution in [0.5, 0.6) is 0 Å². The molecular formula is C18H29FN2. The highest BCUT2D eigenvalue weighted by molar-refractivity contribution is 5.54. The fraction of sp³-hybridized carbons (Fsp3) is 0.667. The minimum Gasteiger partial charge on any atom is -0.369 e. The topological polar surface area (TPSA) is 15.3 Å². The number of hydrogen-bond donors (Lipinski definition) is 1. The van der Waals surface area contributed by atoms with Crippen molar-refractivity contribution in [3.8, 4) is 0 Å². The summed E-state index contributed by atoms with van der Waals surface area (Å²) < 4.78 is 13.7. The summed E-state index contributed by atoms with van der Waals surface area (Å²) in [6, 6.07) is 5.77. The Labute approximate surface area is 128 Å². The molecule has 1 aliphatic rings. The molecule has 2 nitrogen and oxygen atoms in total. The number of hydrogen-bond acceptors (Lipinski definition) is 2. The van der Waals surface area contributed by atoms with Gasteiger partial charge in [0, 0.05) is 30.4 Å². The minimum atomic E-state index is -0.146. The van der Waals surface area contributed by atoms with E-state index >= 15 is 0 Å². The molecule has 1 unspecified atom stereocenters. The third kappa shape index (κ3) is 4.70. The zero-order valence-corrected chi connectivity index (χ0v) is 13.9. The molecule has 1 aromatic rings. The smallest absolute Gasteiger partial charge is 0.123 e. The lowest BCUT2D eigenvalue weighted by molar-refractivity contribution is 0.423. The summed E-state index contributed by atoms with van der Waals surface area (Å²) in [7, 11) is 0. The monoisotopic (exact) mass is 292 g/mol. The van der Waals surface area contributed by atoms with Gasteiger partial charge in [-0.3, -0.25) is 0 Å². The van der Waals surface area contributed by atoms with Gasteiger partial charge in [-0.2, -0.15) is 0 Å². The van der Waals surface area contributed by atoms with Crippen LogP contribution in [0.15, 0.2) is 18.2 Å². The van der Waals surface area contributed by atoms with Crippen molar-refractivity contribution in [3.63, 3.8) is 0 Å². The van der Waals surface area contributed by atoms with Crippen LogP contribution in [-0.4, -0.2) is 18.1 Å². The van der Waals surface area contributed by atoms with E-state index in [1.807, 2.05) is 6.07 Å². The van der Waals surface area contributed by atoms with E-state index in [9.17, 15) is 4.39 Å². The summed E-state index contributed by atoms with van der Waals surface area (Å²) in [5.41, 5.74) is 2.30. The van der Waals surface area contributed by atoms with Crippen LogP contribution in [0.4, 0.5) is 10.1 Å². The van der Waals surface area contributed by atoms with Gasteiger partial charge in [-0.05, 0) is 64.3 Å². The van der Waals surface area contributed by atoms with E-state index in [0.717, 1.165) is 12.1 Å². The molecule has 0 saturated carbocycles. The molecule has 0 bridgehead atoms. The summed E-state index contributed by atoms with van der Waals surface area (Å²) in [4.78, 5) is 2.46. The first kappa shape index (κ1) is 16.3. The first-order valence-electron chi connectivity index (χ1n) is 8.17. The number of anilines is 1. The fourth-order valence-electron chi connectivity index (χ4n) is 2.97. The molecule has 0 aliphatic carbocycles. The Balaban J connectivity index is 2.24. The SMILES string of the molecule is CC1CCCCCN1c1ccc(F)cc1CNC(C)(C)C. The first-order chi connectivity index (χ1) is 9.87. The van der Waals surface area contributed by atoms with Gasteiger partial charge in [0.2, 0.25) is 0 Å². The lowest BCUT2D eigenvalue weighted by atomic mass is 10.1. The van der Waals surface area contributed by atoms with Crippen molar-refractivity contribution in [2.75, 3.05) is 11.4 Å². The number of nitrogens with zero attached hydrogens (tertiary/aromatic N) is 1. The Kier molecular flexibility index (Phi) is 5.26. The lowest BCUT2D eigenvalue weighted by Crippen LogP contribution is -2.37. The summed E-state index contributed by atoms with van der Waals surface area (Å²) in [5, 5.41) is 3.48. The van der Waals surface area contributed by atoms with E-state index in [4.69, 9.17) is 0 Å². The van der Waals surface area contributed by atoms with Crippen molar-refractivity contribution in [3.05, 3.63) is 29.6 Å². The molecule has 1 saturated heterocycles. The molecule has 0 amide bonds. The highest BCUT2D eigenvalue weighted by Gasteiger charge is 2.20. The molecule has 1 N–H and O–H groups in total. The van der Waals surface area contributed by atoms with Crippen molar-refractivity contribution in [2.45, 2.75) is 71.5 Å². The van der Waals surface area contributed by atoms with Gasteiger partial charge in [-0.15, -0.1) is 0 Å². The molecule has 1 aliphatic heterocycles. The van der Waals surface area contributed by atoms with Crippen LogP contribution in [0.3, 0.4) is 0 Å². The van der Waals surface area contributed by atoms with Gasteiger partial charge >= 0.3 is 0 Å². The van der Waals surface area contributed by atoms with Crippen LogP contribution < -0.4 is 10.2 Å². The summed E-state index contributed by atoms with van der Waals surface area (Å²) in [6.45, 7) is 10.5. The highest BCUT2D eigenvalue weighted by Crippen LogP contribution is 2.28. The van der Waals surface area contributed by atoms with Crippen molar-refractivity contribution < 1.29 is 4.39 Å². The first-order valence-corrected chi connectivity index (χ1v) is 8.17. The van der Waals surface area contributed by atoms with E-state index in [2.05, 4.69) is 37.9 Å². The average molecular weight is 292 g/mol. The molecule has 1 aromatic carbocycles. The van der Waals surface area contributed by atoms with E-state index in [1.165, 1.54) is 31.4 Å². The maximum absolute atomic E-state index is 13.7. The van der Waals surface area contributed by atoms with E-state index in [-0.39, 0.29) is 11.4 Å². The van der Waals surface area contributed by atoms with Gasteiger partial charge in [0.25, 0.3) is 0 Å². The number of nitrogens with one attached hydrogen (secondary N) is 1. The Morgan fingerprint density at radius 1 is 1.24 bits per heavy atom. The van der Waals surface area contributed by atoms with Crippen molar-refractivity contribution in [1.82, 2.24) is 5.32 Å². The number of halogens is 1. The molecule has 0 radical (unpaired) electrons. The van der Waals surface area contributed by atoms with Crippen LogP contribution in [0, 0.1) is 5.82 Å². The minimum absolute atomic E-state index is 0.0357. The predicted molar refractivity (Wildman–Crippen MR) is 88.3 cm³/mol. The summed E-state index contributed by atoms with van der Waals surface area (Å²) in [6.07, 6.45) is 5.06. The van der Waals surface area contributed by atoms with Crippen molar-refractivity contribution in [1.29, 1.82) is 0 Å². The van der Waals surface area contributed by atoms with Gasteiger partial charge < -0.3 is 10.2 Å². The third-order valence-electron chi connectivity index (χ3n) is 4.21. The summed E-state index contributed by atoms with van der Waals surface area (Å²) in [5.74, 6) is -0.146. The number of rotatable bonds is 3. The second-order valence-electron chi connectivity index (χ2n) is 7.27.